The van der Waals surface area contributed by atoms with Gasteiger partial charge in [0.15, 0.2) is 6.61 Å². The molecule has 25 heavy (non-hydrogen) atoms. The number of carbonyl (C=O) groups excluding carboxylic acids is 1. The number of hydrogen-bond acceptors (Lipinski definition) is 4. The van der Waals surface area contributed by atoms with Crippen LogP contribution in [0.15, 0.2) is 53.4 Å². The first kappa shape index (κ1) is 19.2. The van der Waals surface area contributed by atoms with Crippen molar-refractivity contribution >= 4 is 27.5 Å². The Labute approximate surface area is 152 Å². The number of rotatable bonds is 8. The average molecular weight is 383 g/mol. The van der Waals surface area contributed by atoms with Crippen LogP contribution < -0.4 is 14.8 Å². The molecule has 0 atom stereocenters. The third-order valence-corrected chi connectivity index (χ3v) is 4.93. The molecule has 2 N–H and O–H groups in total. The first-order valence-corrected chi connectivity index (χ1v) is 9.44. The molecule has 0 spiro atoms. The number of benzene rings is 2. The zero-order valence-corrected chi connectivity index (χ0v) is 15.2. The Kier molecular flexibility index (Phi) is 6.81. The van der Waals surface area contributed by atoms with Crippen LogP contribution in [-0.2, 0) is 14.8 Å². The van der Waals surface area contributed by atoms with Gasteiger partial charge in [-0.1, -0.05) is 35.4 Å². The molecule has 1 amide bonds. The van der Waals surface area contributed by atoms with Crippen molar-refractivity contribution in [2.24, 2.45) is 0 Å². The predicted octanol–water partition coefficient (Wildman–Crippen LogP) is 2.12. The molecular weight excluding hydrogens is 364 g/mol. The third-order valence-electron chi connectivity index (χ3n) is 3.24. The zero-order chi connectivity index (χ0) is 18.3. The number of nitrogens with one attached hydrogen (secondary N) is 2. The SMILES string of the molecule is Cc1ccc(OCC(=O)NCCNS(=O)(=O)c2cccc(Cl)c2)cc1. The molecule has 0 bridgehead atoms. The van der Waals surface area contributed by atoms with Gasteiger partial charge in [-0.15, -0.1) is 0 Å². The van der Waals surface area contributed by atoms with E-state index in [1.54, 1.807) is 24.3 Å². The lowest BCUT2D eigenvalue weighted by molar-refractivity contribution is -0.123. The second-order valence-corrected chi connectivity index (χ2v) is 7.51. The van der Waals surface area contributed by atoms with E-state index < -0.39 is 10.0 Å². The van der Waals surface area contributed by atoms with Crippen LogP contribution >= 0.6 is 11.6 Å². The van der Waals surface area contributed by atoms with Gasteiger partial charge in [0.05, 0.1) is 4.90 Å². The van der Waals surface area contributed by atoms with E-state index in [0.29, 0.717) is 10.8 Å². The molecule has 0 aliphatic carbocycles. The highest BCUT2D eigenvalue weighted by atomic mass is 35.5. The van der Waals surface area contributed by atoms with Crippen LogP contribution in [0.4, 0.5) is 0 Å². The van der Waals surface area contributed by atoms with Gasteiger partial charge in [-0.2, -0.15) is 0 Å². The molecule has 2 aromatic carbocycles. The lowest BCUT2D eigenvalue weighted by Gasteiger charge is -2.09. The highest BCUT2D eigenvalue weighted by Crippen LogP contribution is 2.15. The van der Waals surface area contributed by atoms with Gasteiger partial charge in [-0.05, 0) is 37.3 Å². The molecule has 0 saturated carbocycles. The molecular formula is C17H19ClN2O4S. The average Bonchev–Trinajstić information content (AvgIpc) is 2.58. The number of ether oxygens (including phenoxy) is 1. The Morgan fingerprint density at radius 3 is 2.52 bits per heavy atom. The lowest BCUT2D eigenvalue weighted by Crippen LogP contribution is -2.36. The van der Waals surface area contributed by atoms with Gasteiger partial charge < -0.3 is 10.1 Å². The van der Waals surface area contributed by atoms with Crippen LogP contribution in [0.3, 0.4) is 0 Å². The van der Waals surface area contributed by atoms with E-state index in [1.165, 1.54) is 12.1 Å². The van der Waals surface area contributed by atoms with E-state index in [1.807, 2.05) is 19.1 Å². The van der Waals surface area contributed by atoms with E-state index in [4.69, 9.17) is 16.3 Å². The number of amides is 1. The monoisotopic (exact) mass is 382 g/mol. The number of sulfonamides is 1. The maximum atomic E-state index is 12.1. The summed E-state index contributed by atoms with van der Waals surface area (Å²) in [5.41, 5.74) is 1.10. The van der Waals surface area contributed by atoms with Crippen molar-refractivity contribution in [2.45, 2.75) is 11.8 Å². The van der Waals surface area contributed by atoms with Gasteiger partial charge in [0.1, 0.15) is 5.75 Å². The van der Waals surface area contributed by atoms with Crippen molar-refractivity contribution in [1.82, 2.24) is 10.0 Å². The standard InChI is InChI=1S/C17H19ClN2O4S/c1-13-5-7-15(8-6-13)24-12-17(21)19-9-10-20-25(22,23)16-4-2-3-14(18)11-16/h2-8,11,20H,9-10,12H2,1H3,(H,19,21). The summed E-state index contributed by atoms with van der Waals surface area (Å²) in [7, 11) is -3.66. The molecule has 134 valence electrons. The van der Waals surface area contributed by atoms with Gasteiger partial charge in [-0.3, -0.25) is 4.79 Å². The Morgan fingerprint density at radius 1 is 1.12 bits per heavy atom. The van der Waals surface area contributed by atoms with Crippen molar-refractivity contribution in [3.05, 3.63) is 59.1 Å². The minimum Gasteiger partial charge on any atom is -0.484 e. The van der Waals surface area contributed by atoms with Crippen molar-refractivity contribution < 1.29 is 17.9 Å². The van der Waals surface area contributed by atoms with Crippen LogP contribution in [0.2, 0.25) is 5.02 Å². The highest BCUT2D eigenvalue weighted by Gasteiger charge is 2.13. The fourth-order valence-corrected chi connectivity index (χ4v) is 3.27. The van der Waals surface area contributed by atoms with Crippen LogP contribution in [-0.4, -0.2) is 34.0 Å². The fraction of sp³-hybridized carbons (Fsp3) is 0.235. The number of carbonyl (C=O) groups is 1. The number of halogens is 1. The molecule has 6 nitrogen and oxygen atoms in total. The summed E-state index contributed by atoms with van der Waals surface area (Å²) in [4.78, 5) is 11.8. The maximum absolute atomic E-state index is 12.1. The summed E-state index contributed by atoms with van der Waals surface area (Å²) < 4.78 is 31.9. The molecule has 8 heteroatoms. The fourth-order valence-electron chi connectivity index (χ4n) is 1.94. The predicted molar refractivity (Wildman–Crippen MR) is 96.3 cm³/mol. The molecule has 0 aliphatic heterocycles. The van der Waals surface area contributed by atoms with Crippen LogP contribution in [0, 0.1) is 6.92 Å². The zero-order valence-electron chi connectivity index (χ0n) is 13.7. The van der Waals surface area contributed by atoms with Crippen molar-refractivity contribution in [3.63, 3.8) is 0 Å². The second-order valence-electron chi connectivity index (χ2n) is 5.31. The molecule has 0 radical (unpaired) electrons. The van der Waals surface area contributed by atoms with E-state index in [2.05, 4.69) is 10.0 Å². The van der Waals surface area contributed by atoms with Crippen LogP contribution in [0.5, 0.6) is 5.75 Å². The molecule has 2 rings (SSSR count). The summed E-state index contributed by atoms with van der Waals surface area (Å²) in [6.45, 7) is 2.03. The quantitative estimate of drug-likeness (QED) is 0.685. The van der Waals surface area contributed by atoms with E-state index in [0.717, 1.165) is 5.56 Å². The number of hydrogen-bond donors (Lipinski definition) is 2. The third kappa shape index (κ3) is 6.38. The number of aryl methyl sites for hydroxylation is 1. The Bertz CT molecular complexity index is 823. The molecule has 2 aromatic rings. The Hall–Kier alpha value is -2.09. The Morgan fingerprint density at radius 2 is 1.84 bits per heavy atom. The largest absolute Gasteiger partial charge is 0.484 e. The Balaban J connectivity index is 1.71. The first-order chi connectivity index (χ1) is 11.9. The molecule has 0 unspecified atom stereocenters. The summed E-state index contributed by atoms with van der Waals surface area (Å²) in [5, 5.41) is 2.92. The lowest BCUT2D eigenvalue weighted by atomic mass is 10.2. The van der Waals surface area contributed by atoms with Crippen LogP contribution in [0.25, 0.3) is 0 Å². The minimum absolute atomic E-state index is 0.0606. The molecule has 0 aliphatic rings. The topological polar surface area (TPSA) is 84.5 Å². The molecule has 0 aromatic heterocycles. The van der Waals surface area contributed by atoms with Crippen molar-refractivity contribution in [3.8, 4) is 5.75 Å². The van der Waals surface area contributed by atoms with Gasteiger partial charge in [0.2, 0.25) is 10.0 Å². The van der Waals surface area contributed by atoms with Gasteiger partial charge in [-0.25, -0.2) is 13.1 Å². The normalized spacial score (nSPS) is 11.1. The summed E-state index contributed by atoms with van der Waals surface area (Å²) in [6.07, 6.45) is 0. The van der Waals surface area contributed by atoms with Crippen LogP contribution in [0.1, 0.15) is 5.56 Å². The van der Waals surface area contributed by atoms with E-state index in [-0.39, 0.29) is 30.5 Å². The molecule has 0 saturated heterocycles. The summed E-state index contributed by atoms with van der Waals surface area (Å²) in [5.74, 6) is 0.268. The summed E-state index contributed by atoms with van der Waals surface area (Å²) in [6, 6.07) is 13.3. The molecule has 0 fully saturated rings. The van der Waals surface area contributed by atoms with Gasteiger partial charge in [0.25, 0.3) is 5.91 Å². The van der Waals surface area contributed by atoms with Gasteiger partial charge in [0, 0.05) is 18.1 Å². The maximum Gasteiger partial charge on any atom is 0.257 e. The first-order valence-electron chi connectivity index (χ1n) is 7.58. The van der Waals surface area contributed by atoms with Gasteiger partial charge >= 0.3 is 0 Å². The van der Waals surface area contributed by atoms with Crippen molar-refractivity contribution in [2.75, 3.05) is 19.7 Å². The van der Waals surface area contributed by atoms with Crippen molar-refractivity contribution in [1.29, 1.82) is 0 Å². The smallest absolute Gasteiger partial charge is 0.257 e. The molecule has 0 heterocycles. The highest BCUT2D eigenvalue weighted by molar-refractivity contribution is 7.89. The van der Waals surface area contributed by atoms with E-state index in [9.17, 15) is 13.2 Å². The van der Waals surface area contributed by atoms with E-state index >= 15 is 0 Å². The second kappa shape index (κ2) is 8.84. The summed E-state index contributed by atoms with van der Waals surface area (Å²) >= 11 is 5.78. The minimum atomic E-state index is -3.66.